The lowest BCUT2D eigenvalue weighted by Crippen LogP contribution is -2.61. The summed E-state index contributed by atoms with van der Waals surface area (Å²) in [7, 11) is 0. The van der Waals surface area contributed by atoms with Gasteiger partial charge in [0, 0.05) is 39.3 Å². The van der Waals surface area contributed by atoms with Crippen LogP contribution < -0.4 is 26.2 Å². The molecule has 3 aliphatic carbocycles. The second-order valence-electron chi connectivity index (χ2n) is 28.3. The predicted octanol–water partition coefficient (Wildman–Crippen LogP) is 16.2. The SMILES string of the molecule is CC(C)(C)c1ccc2c(c1)B1c3c(cc(C(C)(C)C)cc3N(c3ccc4c(c3)C(C)(C)CCC4(C)C)c3oc4cc5c(cc4c31)C(C)(C)CCC5(C)C)N2c1ccc2c(c1)C(C)(C)CCC2(C)C. The van der Waals surface area contributed by atoms with Crippen LogP contribution in [0.25, 0.3) is 11.0 Å². The molecule has 4 heteroatoms. The minimum absolute atomic E-state index is 0.0408. The molecule has 11 rings (SSSR count). The summed E-state index contributed by atoms with van der Waals surface area (Å²) in [6, 6.07) is 32.6. The van der Waals surface area contributed by atoms with Crippen LogP contribution in [0.3, 0.4) is 0 Å². The molecule has 3 nitrogen and oxygen atoms in total. The first-order valence-electron chi connectivity index (χ1n) is 26.3. The van der Waals surface area contributed by atoms with Crippen molar-refractivity contribution in [1.82, 2.24) is 0 Å². The summed E-state index contributed by atoms with van der Waals surface area (Å²) in [5.74, 6) is 0.971. The molecule has 354 valence electrons. The molecule has 68 heavy (non-hydrogen) atoms. The van der Waals surface area contributed by atoms with Gasteiger partial charge in [0.05, 0.1) is 0 Å². The Bertz CT molecular complexity index is 3120. The van der Waals surface area contributed by atoms with E-state index in [1.165, 1.54) is 120 Å². The number of benzene rings is 5. The minimum Gasteiger partial charge on any atom is -0.440 e. The van der Waals surface area contributed by atoms with Crippen LogP contribution in [0.1, 0.15) is 208 Å². The third-order valence-corrected chi connectivity index (χ3v) is 18.6. The van der Waals surface area contributed by atoms with Gasteiger partial charge in [-0.2, -0.15) is 0 Å². The van der Waals surface area contributed by atoms with Crippen LogP contribution in [0.5, 0.6) is 0 Å². The maximum absolute atomic E-state index is 7.64. The molecular weight excluding hydrogens is 824 g/mol. The summed E-state index contributed by atoms with van der Waals surface area (Å²) in [6.07, 6.45) is 7.05. The molecule has 0 atom stereocenters. The number of anilines is 6. The summed E-state index contributed by atoms with van der Waals surface area (Å²) >= 11 is 0. The average molecular weight is 903 g/mol. The highest BCUT2D eigenvalue weighted by Gasteiger charge is 2.49. The molecule has 6 aromatic rings. The Balaban J connectivity index is 1.29. The van der Waals surface area contributed by atoms with Crippen molar-refractivity contribution in [3.63, 3.8) is 0 Å². The molecule has 0 radical (unpaired) electrons. The Morgan fingerprint density at radius 1 is 0.412 bits per heavy atom. The summed E-state index contributed by atoms with van der Waals surface area (Å²) in [6.45, 7) is 43.7. The highest BCUT2D eigenvalue weighted by Crippen LogP contribution is 2.54. The number of nitrogens with zero attached hydrogens (tertiary/aromatic N) is 2. The van der Waals surface area contributed by atoms with Crippen LogP contribution in [0.15, 0.2) is 83.3 Å². The van der Waals surface area contributed by atoms with Crippen LogP contribution in [0.4, 0.5) is 34.3 Å². The van der Waals surface area contributed by atoms with E-state index in [-0.39, 0.29) is 50.0 Å². The summed E-state index contributed by atoms with van der Waals surface area (Å²) < 4.78 is 7.64. The topological polar surface area (TPSA) is 19.6 Å². The van der Waals surface area contributed by atoms with Gasteiger partial charge in [0.15, 0.2) is 0 Å². The highest BCUT2D eigenvalue weighted by molar-refractivity contribution is 7.01. The first-order valence-corrected chi connectivity index (χ1v) is 26.3. The molecule has 2 aliphatic heterocycles. The van der Waals surface area contributed by atoms with Crippen molar-refractivity contribution in [2.24, 2.45) is 0 Å². The van der Waals surface area contributed by atoms with E-state index in [9.17, 15) is 0 Å². The standard InChI is InChI=1S/C64H79BN2O/c1-57(2,3)38-19-24-50-49(31-38)65-54-42-36-47-48(64(17,18)30-29-63(47,15)16)37-53(42)68-56(54)67(41-21-23-44-46(35-41)62(13,14)28-26-60(44,9)10)52-33-39(58(4,5)6)32-51(55(52)65)66(50)40-20-22-43-45(34-40)61(11,12)27-25-59(43,7)8/h19-24,31-37H,25-30H2,1-18H3. The molecule has 0 unspecified atom stereocenters. The Kier molecular flexibility index (Phi) is 9.42. The molecule has 3 heterocycles. The molecule has 5 aliphatic rings. The van der Waals surface area contributed by atoms with E-state index in [2.05, 4.69) is 213 Å². The van der Waals surface area contributed by atoms with Gasteiger partial charge in [-0.15, -0.1) is 0 Å². The lowest BCUT2D eigenvalue weighted by molar-refractivity contribution is 0.332. The van der Waals surface area contributed by atoms with Crippen molar-refractivity contribution in [1.29, 1.82) is 0 Å². The fourth-order valence-electron chi connectivity index (χ4n) is 13.4. The molecular formula is C64H79BN2O. The van der Waals surface area contributed by atoms with Gasteiger partial charge in [-0.1, -0.05) is 149 Å². The van der Waals surface area contributed by atoms with Crippen LogP contribution in [-0.4, -0.2) is 6.71 Å². The molecule has 1 aromatic heterocycles. The lowest BCUT2D eigenvalue weighted by Gasteiger charge is -2.46. The van der Waals surface area contributed by atoms with Gasteiger partial charge in [-0.05, 0) is 192 Å². The first kappa shape index (κ1) is 45.7. The maximum atomic E-state index is 7.64. The molecule has 0 fully saturated rings. The van der Waals surface area contributed by atoms with E-state index >= 15 is 0 Å². The summed E-state index contributed by atoms with van der Waals surface area (Å²) in [4.78, 5) is 5.24. The fourth-order valence-corrected chi connectivity index (χ4v) is 13.4. The van der Waals surface area contributed by atoms with Gasteiger partial charge in [0.2, 0.25) is 5.88 Å². The van der Waals surface area contributed by atoms with Crippen molar-refractivity contribution in [2.45, 2.75) is 206 Å². The van der Waals surface area contributed by atoms with Crippen molar-refractivity contribution in [3.8, 4) is 0 Å². The van der Waals surface area contributed by atoms with Gasteiger partial charge in [-0.3, -0.25) is 4.90 Å². The van der Waals surface area contributed by atoms with Gasteiger partial charge in [0.25, 0.3) is 6.71 Å². The van der Waals surface area contributed by atoms with Crippen molar-refractivity contribution in [3.05, 3.63) is 123 Å². The Labute approximate surface area is 410 Å². The number of hydrogen-bond donors (Lipinski definition) is 0. The lowest BCUT2D eigenvalue weighted by atomic mass is 9.33. The van der Waals surface area contributed by atoms with Gasteiger partial charge < -0.3 is 9.32 Å². The number of rotatable bonds is 2. The highest BCUT2D eigenvalue weighted by atomic mass is 16.4. The van der Waals surface area contributed by atoms with E-state index in [4.69, 9.17) is 4.42 Å². The number of fused-ring (bicyclic) bond motifs is 9. The molecule has 0 amide bonds. The van der Waals surface area contributed by atoms with E-state index in [0.29, 0.717) is 0 Å². The molecule has 0 N–H and O–H groups in total. The second kappa shape index (κ2) is 14.0. The van der Waals surface area contributed by atoms with E-state index in [1.807, 2.05) is 0 Å². The zero-order chi connectivity index (χ0) is 48.8. The molecule has 0 bridgehead atoms. The van der Waals surface area contributed by atoms with Crippen LogP contribution in [0.2, 0.25) is 0 Å². The van der Waals surface area contributed by atoms with Crippen LogP contribution in [0, 0.1) is 0 Å². The monoisotopic (exact) mass is 903 g/mol. The largest absolute Gasteiger partial charge is 0.440 e. The van der Waals surface area contributed by atoms with Gasteiger partial charge in [0.1, 0.15) is 5.58 Å². The second-order valence-corrected chi connectivity index (χ2v) is 28.3. The quantitative estimate of drug-likeness (QED) is 0.161. The molecule has 0 saturated heterocycles. The summed E-state index contributed by atoms with van der Waals surface area (Å²) in [5, 5.41) is 1.26. The van der Waals surface area contributed by atoms with E-state index in [1.54, 1.807) is 0 Å². The first-order chi connectivity index (χ1) is 31.4. The number of hydrogen-bond acceptors (Lipinski definition) is 3. The normalized spacial score (nSPS) is 21.1. The van der Waals surface area contributed by atoms with Crippen LogP contribution in [-0.2, 0) is 43.3 Å². The third-order valence-electron chi connectivity index (χ3n) is 18.6. The average Bonchev–Trinajstić information content (AvgIpc) is 3.62. The summed E-state index contributed by atoms with van der Waals surface area (Å²) in [5.41, 5.74) is 23.1. The van der Waals surface area contributed by atoms with Crippen molar-refractivity contribution < 1.29 is 4.42 Å². The Morgan fingerprint density at radius 2 is 0.838 bits per heavy atom. The molecule has 0 spiro atoms. The van der Waals surface area contributed by atoms with E-state index < -0.39 is 0 Å². The molecule has 0 saturated carbocycles. The van der Waals surface area contributed by atoms with Crippen molar-refractivity contribution in [2.75, 3.05) is 9.80 Å². The maximum Gasteiger partial charge on any atom is 0.257 e. The van der Waals surface area contributed by atoms with E-state index in [0.717, 1.165) is 24.3 Å². The predicted molar refractivity (Wildman–Crippen MR) is 293 cm³/mol. The minimum atomic E-state index is -0.122. The Morgan fingerprint density at radius 3 is 1.32 bits per heavy atom. The molecule has 5 aromatic carbocycles. The smallest absolute Gasteiger partial charge is 0.257 e. The zero-order valence-electron chi connectivity index (χ0n) is 45.1. The fraction of sp³-hybridized carbons (Fsp3) is 0.500. The zero-order valence-corrected chi connectivity index (χ0v) is 45.1. The Hall–Kier alpha value is -4.70. The third kappa shape index (κ3) is 6.64. The van der Waals surface area contributed by atoms with Gasteiger partial charge >= 0.3 is 0 Å². The van der Waals surface area contributed by atoms with Crippen LogP contribution >= 0.6 is 0 Å². The van der Waals surface area contributed by atoms with Gasteiger partial charge in [-0.25, -0.2) is 0 Å². The van der Waals surface area contributed by atoms with Crippen molar-refractivity contribution >= 4 is 68.4 Å². The number of furan rings is 1.